The summed E-state index contributed by atoms with van der Waals surface area (Å²) in [7, 11) is 1.88. The molecule has 0 bridgehead atoms. The molecule has 2 aromatic rings. The van der Waals surface area contributed by atoms with Crippen molar-refractivity contribution in [2.24, 2.45) is 12.8 Å². The van der Waals surface area contributed by atoms with Crippen LogP contribution < -0.4 is 10.5 Å². The van der Waals surface area contributed by atoms with Gasteiger partial charge in [-0.2, -0.15) is 5.10 Å². The number of benzene rings is 1. The Morgan fingerprint density at radius 1 is 1.29 bits per heavy atom. The number of nitrogens with two attached hydrogens (primary N) is 1. The molecule has 0 saturated heterocycles. The molecule has 90 valence electrons. The van der Waals surface area contributed by atoms with E-state index in [-0.39, 0.29) is 0 Å². The van der Waals surface area contributed by atoms with Crippen LogP contribution in [-0.4, -0.2) is 27.9 Å². The summed E-state index contributed by atoms with van der Waals surface area (Å²) in [6, 6.07) is 7.76. The molecule has 0 unspecified atom stereocenters. The van der Waals surface area contributed by atoms with Gasteiger partial charge in [0, 0.05) is 19.2 Å². The van der Waals surface area contributed by atoms with Crippen LogP contribution in [0.3, 0.4) is 0 Å². The molecule has 0 atom stereocenters. The van der Waals surface area contributed by atoms with E-state index in [9.17, 15) is 0 Å². The van der Waals surface area contributed by atoms with E-state index in [0.717, 1.165) is 23.0 Å². The van der Waals surface area contributed by atoms with Crippen LogP contribution in [0.5, 0.6) is 5.75 Å². The summed E-state index contributed by atoms with van der Waals surface area (Å²) < 4.78 is 7.18. The number of ether oxygens (including phenoxy) is 1. The zero-order chi connectivity index (χ0) is 12.3. The van der Waals surface area contributed by atoms with Crippen molar-refractivity contribution in [1.29, 1.82) is 0 Å². The maximum absolute atomic E-state index is 5.41. The first-order chi connectivity index (χ1) is 8.20. The Morgan fingerprint density at radius 3 is 2.53 bits per heavy atom. The van der Waals surface area contributed by atoms with E-state index in [1.807, 2.05) is 38.2 Å². The van der Waals surface area contributed by atoms with Crippen LogP contribution in [0.4, 0.5) is 0 Å². The molecule has 1 aromatic heterocycles. The summed E-state index contributed by atoms with van der Waals surface area (Å²) in [5.74, 6) is 2.44. The van der Waals surface area contributed by atoms with Gasteiger partial charge in [0.25, 0.3) is 0 Å². The second-order valence-corrected chi connectivity index (χ2v) is 3.77. The SMILES string of the molecule is Cc1nc(-c2ccc(OCCN)cc2)n(C)n1. The molecular formula is C12H16N4O. The predicted octanol–water partition coefficient (Wildman–Crippen LogP) is 1.13. The van der Waals surface area contributed by atoms with Gasteiger partial charge in [-0.25, -0.2) is 9.67 Å². The molecular weight excluding hydrogens is 216 g/mol. The van der Waals surface area contributed by atoms with Crippen molar-refractivity contribution < 1.29 is 4.74 Å². The van der Waals surface area contributed by atoms with Crippen LogP contribution in [-0.2, 0) is 7.05 Å². The molecule has 5 heteroatoms. The Balaban J connectivity index is 2.20. The van der Waals surface area contributed by atoms with E-state index in [0.29, 0.717) is 13.2 Å². The van der Waals surface area contributed by atoms with Crippen molar-refractivity contribution in [3.05, 3.63) is 30.1 Å². The Hall–Kier alpha value is -1.88. The van der Waals surface area contributed by atoms with E-state index in [4.69, 9.17) is 10.5 Å². The van der Waals surface area contributed by atoms with Gasteiger partial charge in [-0.1, -0.05) is 0 Å². The molecule has 0 spiro atoms. The van der Waals surface area contributed by atoms with E-state index >= 15 is 0 Å². The molecule has 0 radical (unpaired) electrons. The fourth-order valence-electron chi connectivity index (χ4n) is 1.64. The topological polar surface area (TPSA) is 66.0 Å². The minimum atomic E-state index is 0.518. The summed E-state index contributed by atoms with van der Waals surface area (Å²) in [6.45, 7) is 2.93. The van der Waals surface area contributed by atoms with Crippen LogP contribution in [0.25, 0.3) is 11.4 Å². The Morgan fingerprint density at radius 2 is 2.00 bits per heavy atom. The average Bonchev–Trinajstić information content (AvgIpc) is 2.66. The fourth-order valence-corrected chi connectivity index (χ4v) is 1.64. The first-order valence-corrected chi connectivity index (χ1v) is 5.51. The third-order valence-corrected chi connectivity index (χ3v) is 2.37. The van der Waals surface area contributed by atoms with Gasteiger partial charge in [0.1, 0.15) is 18.2 Å². The highest BCUT2D eigenvalue weighted by Gasteiger charge is 2.06. The van der Waals surface area contributed by atoms with Crippen LogP contribution in [0, 0.1) is 6.92 Å². The van der Waals surface area contributed by atoms with Gasteiger partial charge >= 0.3 is 0 Å². The molecule has 1 heterocycles. The number of aryl methyl sites for hydroxylation is 2. The molecule has 0 aliphatic rings. The van der Waals surface area contributed by atoms with Gasteiger partial charge in [0.15, 0.2) is 5.82 Å². The predicted molar refractivity (Wildman–Crippen MR) is 65.7 cm³/mol. The summed E-state index contributed by atoms with van der Waals surface area (Å²) in [4.78, 5) is 4.36. The second kappa shape index (κ2) is 4.97. The van der Waals surface area contributed by atoms with E-state index in [2.05, 4.69) is 10.1 Å². The Bertz CT molecular complexity index is 490. The molecule has 2 rings (SSSR count). The molecule has 5 nitrogen and oxygen atoms in total. The van der Waals surface area contributed by atoms with Gasteiger partial charge in [-0.15, -0.1) is 0 Å². The summed E-state index contributed by atoms with van der Waals surface area (Å²) >= 11 is 0. The normalized spacial score (nSPS) is 10.5. The lowest BCUT2D eigenvalue weighted by Gasteiger charge is -2.05. The lowest BCUT2D eigenvalue weighted by Crippen LogP contribution is -2.10. The fraction of sp³-hybridized carbons (Fsp3) is 0.333. The zero-order valence-corrected chi connectivity index (χ0v) is 10.1. The first-order valence-electron chi connectivity index (χ1n) is 5.51. The lowest BCUT2D eigenvalue weighted by atomic mass is 10.2. The molecule has 0 fully saturated rings. The van der Waals surface area contributed by atoms with Crippen molar-refractivity contribution in [2.75, 3.05) is 13.2 Å². The van der Waals surface area contributed by atoms with E-state index in [1.54, 1.807) is 4.68 Å². The largest absolute Gasteiger partial charge is 0.492 e. The third kappa shape index (κ3) is 2.62. The number of nitrogens with zero attached hydrogens (tertiary/aromatic N) is 3. The molecule has 0 amide bonds. The summed E-state index contributed by atoms with van der Waals surface area (Å²) in [5.41, 5.74) is 6.39. The number of rotatable bonds is 4. The Labute approximate surface area is 100 Å². The van der Waals surface area contributed by atoms with E-state index < -0.39 is 0 Å². The Kier molecular flexibility index (Phi) is 3.39. The van der Waals surface area contributed by atoms with E-state index in [1.165, 1.54) is 0 Å². The number of hydrogen-bond acceptors (Lipinski definition) is 4. The minimum absolute atomic E-state index is 0.518. The summed E-state index contributed by atoms with van der Waals surface area (Å²) in [5, 5.41) is 4.22. The van der Waals surface area contributed by atoms with Crippen molar-refractivity contribution >= 4 is 0 Å². The molecule has 0 saturated carbocycles. The average molecular weight is 232 g/mol. The van der Waals surface area contributed by atoms with Gasteiger partial charge in [0.2, 0.25) is 0 Å². The highest BCUT2D eigenvalue weighted by Crippen LogP contribution is 2.20. The molecule has 1 aromatic carbocycles. The third-order valence-electron chi connectivity index (χ3n) is 2.37. The lowest BCUT2D eigenvalue weighted by molar-refractivity contribution is 0.328. The second-order valence-electron chi connectivity index (χ2n) is 3.77. The van der Waals surface area contributed by atoms with Crippen molar-refractivity contribution in [2.45, 2.75) is 6.92 Å². The van der Waals surface area contributed by atoms with Crippen molar-refractivity contribution in [3.8, 4) is 17.1 Å². The van der Waals surface area contributed by atoms with Gasteiger partial charge in [-0.3, -0.25) is 0 Å². The van der Waals surface area contributed by atoms with Gasteiger partial charge in [0.05, 0.1) is 0 Å². The highest BCUT2D eigenvalue weighted by atomic mass is 16.5. The van der Waals surface area contributed by atoms with Crippen LogP contribution in [0.15, 0.2) is 24.3 Å². The maximum atomic E-state index is 5.41. The molecule has 0 aliphatic heterocycles. The standard InChI is InChI=1S/C12H16N4O/c1-9-14-12(16(2)15-9)10-3-5-11(6-4-10)17-8-7-13/h3-6H,7-8,13H2,1-2H3. The van der Waals surface area contributed by atoms with Crippen LogP contribution in [0.1, 0.15) is 5.82 Å². The van der Waals surface area contributed by atoms with Gasteiger partial charge < -0.3 is 10.5 Å². The van der Waals surface area contributed by atoms with Crippen LogP contribution in [0.2, 0.25) is 0 Å². The molecule has 0 aliphatic carbocycles. The minimum Gasteiger partial charge on any atom is -0.492 e. The molecule has 17 heavy (non-hydrogen) atoms. The monoisotopic (exact) mass is 232 g/mol. The molecule has 2 N–H and O–H groups in total. The number of aromatic nitrogens is 3. The van der Waals surface area contributed by atoms with Crippen molar-refractivity contribution in [1.82, 2.24) is 14.8 Å². The smallest absolute Gasteiger partial charge is 0.158 e. The van der Waals surface area contributed by atoms with Crippen LogP contribution >= 0.6 is 0 Å². The summed E-state index contributed by atoms with van der Waals surface area (Å²) in [6.07, 6.45) is 0. The number of hydrogen-bond donors (Lipinski definition) is 1. The quantitative estimate of drug-likeness (QED) is 0.858. The first kappa shape index (κ1) is 11.6. The highest BCUT2D eigenvalue weighted by molar-refractivity contribution is 5.56. The zero-order valence-electron chi connectivity index (χ0n) is 10.1. The van der Waals surface area contributed by atoms with Crippen molar-refractivity contribution in [3.63, 3.8) is 0 Å². The van der Waals surface area contributed by atoms with Gasteiger partial charge in [-0.05, 0) is 31.2 Å². The maximum Gasteiger partial charge on any atom is 0.158 e.